The molecule has 1 N–H and O–H groups in total. The summed E-state index contributed by atoms with van der Waals surface area (Å²) in [6.07, 6.45) is 4.87. The molecule has 7 atom stereocenters. The first-order valence-corrected chi connectivity index (χ1v) is 16.9. The molecule has 2 aromatic rings. The first-order chi connectivity index (χ1) is 22.5. The van der Waals surface area contributed by atoms with Gasteiger partial charge in [0.05, 0.1) is 36.7 Å². The largest absolute Gasteiger partial charge is 0.494 e. The Kier molecular flexibility index (Phi) is 10.2. The summed E-state index contributed by atoms with van der Waals surface area (Å²) in [7, 11) is 0. The SMILES string of the molecule is C=CCN(C(=O)C1N([C@@H](CO)[C@@H](C)CC)C(=O)[C@@H]2[C@H](C(=O)N(CC=C)c3ccc(OCC)cc3)[C@]3(C)CCC12O3)c1ccc(Cl)cc1. The molecule has 0 aliphatic carbocycles. The first-order valence-electron chi connectivity index (χ1n) is 16.5. The van der Waals surface area contributed by atoms with Gasteiger partial charge in [-0.25, -0.2) is 0 Å². The van der Waals surface area contributed by atoms with Crippen LogP contribution in [0.1, 0.15) is 47.0 Å². The van der Waals surface area contributed by atoms with Gasteiger partial charge in [0.15, 0.2) is 0 Å². The number of ether oxygens (including phenoxy) is 2. The number of benzene rings is 2. The molecule has 3 aliphatic heterocycles. The highest BCUT2D eigenvalue weighted by Gasteiger charge is 2.79. The predicted octanol–water partition coefficient (Wildman–Crippen LogP) is 5.65. The van der Waals surface area contributed by atoms with Crippen molar-refractivity contribution in [2.75, 3.05) is 36.1 Å². The second-order valence-corrected chi connectivity index (χ2v) is 13.4. The van der Waals surface area contributed by atoms with Crippen molar-refractivity contribution in [3.63, 3.8) is 0 Å². The van der Waals surface area contributed by atoms with Crippen LogP contribution in [0.25, 0.3) is 0 Å². The van der Waals surface area contributed by atoms with E-state index in [1.54, 1.807) is 51.1 Å². The number of carbonyl (C=O) groups is 3. The molecular formula is C37H46ClN3O6. The Balaban J connectivity index is 1.62. The van der Waals surface area contributed by atoms with E-state index in [0.29, 0.717) is 48.0 Å². The zero-order valence-electron chi connectivity index (χ0n) is 27.7. The molecule has 0 saturated carbocycles. The number of amides is 3. The topological polar surface area (TPSA) is 99.6 Å². The van der Waals surface area contributed by atoms with Crippen LogP contribution in [-0.2, 0) is 19.1 Å². The Bertz CT molecular complexity index is 1500. The molecule has 10 heteroatoms. The number of carbonyl (C=O) groups excluding carboxylic acids is 3. The zero-order chi connectivity index (χ0) is 34.1. The van der Waals surface area contributed by atoms with Gasteiger partial charge in [-0.1, -0.05) is 44.0 Å². The summed E-state index contributed by atoms with van der Waals surface area (Å²) in [5, 5.41) is 11.3. The number of halogens is 1. The molecule has 2 bridgehead atoms. The standard InChI is InChI=1S/C37H46ClN3O6/c1-7-21-39(27-15-17-28(18-16-27)46-10-4)33(43)30-31-34(44)41(29(23-42)24(5)9-3)32(37(31)20-19-36(30,6)47-37)35(45)40(22-8-2)26-13-11-25(38)12-14-26/h7-8,11-18,24,29-32,42H,1-2,9-10,19-23H2,3-6H3/t24-,29-,30+,31-,32?,36-,37?/m0/s1. The summed E-state index contributed by atoms with van der Waals surface area (Å²) < 4.78 is 12.5. The smallest absolute Gasteiger partial charge is 0.253 e. The normalized spacial score (nSPS) is 27.2. The zero-order valence-corrected chi connectivity index (χ0v) is 28.5. The van der Waals surface area contributed by atoms with Gasteiger partial charge in [0.1, 0.15) is 17.4 Å². The van der Waals surface area contributed by atoms with Crippen molar-refractivity contribution >= 4 is 40.7 Å². The summed E-state index contributed by atoms with van der Waals surface area (Å²) in [6.45, 7) is 16.1. The molecule has 47 heavy (non-hydrogen) atoms. The average Bonchev–Trinajstić information content (AvgIpc) is 3.64. The molecular weight excluding hydrogens is 618 g/mol. The highest BCUT2D eigenvalue weighted by Crippen LogP contribution is 2.64. The van der Waals surface area contributed by atoms with Gasteiger partial charge in [0, 0.05) is 29.5 Å². The fourth-order valence-electron chi connectivity index (χ4n) is 7.92. The molecule has 3 heterocycles. The molecule has 3 saturated heterocycles. The van der Waals surface area contributed by atoms with Gasteiger partial charge < -0.3 is 29.3 Å². The third kappa shape index (κ3) is 5.87. The molecule has 3 aliphatic rings. The van der Waals surface area contributed by atoms with Gasteiger partial charge in [-0.15, -0.1) is 13.2 Å². The minimum atomic E-state index is -1.27. The Morgan fingerprint density at radius 1 is 1.04 bits per heavy atom. The van der Waals surface area contributed by atoms with E-state index in [1.807, 2.05) is 52.0 Å². The summed E-state index contributed by atoms with van der Waals surface area (Å²) in [5.74, 6) is -2.19. The van der Waals surface area contributed by atoms with Crippen LogP contribution in [-0.4, -0.2) is 77.3 Å². The van der Waals surface area contributed by atoms with E-state index in [4.69, 9.17) is 21.1 Å². The highest BCUT2D eigenvalue weighted by atomic mass is 35.5. The fraction of sp³-hybridized carbons (Fsp3) is 0.486. The number of aliphatic hydroxyl groups excluding tert-OH is 1. The van der Waals surface area contributed by atoms with Crippen LogP contribution < -0.4 is 14.5 Å². The number of hydrogen-bond donors (Lipinski definition) is 1. The van der Waals surface area contributed by atoms with E-state index in [2.05, 4.69) is 13.2 Å². The monoisotopic (exact) mass is 663 g/mol. The van der Waals surface area contributed by atoms with Crippen molar-refractivity contribution in [3.8, 4) is 5.75 Å². The third-order valence-electron chi connectivity index (χ3n) is 10.3. The fourth-order valence-corrected chi connectivity index (χ4v) is 8.05. The first kappa shape index (κ1) is 34.7. The minimum Gasteiger partial charge on any atom is -0.494 e. The number of nitrogens with zero attached hydrogens (tertiary/aromatic N) is 3. The molecule has 0 radical (unpaired) electrons. The maximum Gasteiger partial charge on any atom is 0.253 e. The van der Waals surface area contributed by atoms with E-state index >= 15 is 0 Å². The minimum absolute atomic E-state index is 0.124. The van der Waals surface area contributed by atoms with Crippen molar-refractivity contribution in [3.05, 3.63) is 78.9 Å². The van der Waals surface area contributed by atoms with Crippen LogP contribution in [0, 0.1) is 17.8 Å². The molecule has 0 aromatic heterocycles. The van der Waals surface area contributed by atoms with E-state index in [1.165, 1.54) is 0 Å². The summed E-state index contributed by atoms with van der Waals surface area (Å²) in [5.41, 5.74) is -1.02. The van der Waals surface area contributed by atoms with Crippen molar-refractivity contribution < 1.29 is 29.0 Å². The lowest BCUT2D eigenvalue weighted by Gasteiger charge is -2.41. The highest BCUT2D eigenvalue weighted by molar-refractivity contribution is 6.30. The second-order valence-electron chi connectivity index (χ2n) is 13.0. The molecule has 9 nitrogen and oxygen atoms in total. The van der Waals surface area contributed by atoms with Gasteiger partial charge in [-0.2, -0.15) is 0 Å². The predicted molar refractivity (Wildman–Crippen MR) is 184 cm³/mol. The lowest BCUT2D eigenvalue weighted by Crippen LogP contribution is -2.60. The van der Waals surface area contributed by atoms with Gasteiger partial charge in [-0.3, -0.25) is 14.4 Å². The Hall–Kier alpha value is -3.66. The lowest BCUT2D eigenvalue weighted by molar-refractivity contribution is -0.149. The van der Waals surface area contributed by atoms with Gasteiger partial charge in [0.2, 0.25) is 11.8 Å². The molecule has 3 fully saturated rings. The van der Waals surface area contributed by atoms with Crippen LogP contribution in [0.4, 0.5) is 11.4 Å². The lowest BCUT2D eigenvalue weighted by atomic mass is 9.66. The van der Waals surface area contributed by atoms with Crippen LogP contribution in [0.5, 0.6) is 5.75 Å². The summed E-state index contributed by atoms with van der Waals surface area (Å²) in [4.78, 5) is 49.3. The maximum atomic E-state index is 14.9. The molecule has 5 rings (SSSR count). The quantitative estimate of drug-likeness (QED) is 0.263. The second kappa shape index (κ2) is 13.8. The van der Waals surface area contributed by atoms with Crippen molar-refractivity contribution in [1.29, 1.82) is 0 Å². The molecule has 1 spiro atoms. The van der Waals surface area contributed by atoms with E-state index < -0.39 is 35.1 Å². The van der Waals surface area contributed by atoms with Crippen molar-refractivity contribution in [2.45, 2.75) is 70.2 Å². The number of rotatable bonds is 14. The number of fused-ring (bicyclic) bond motifs is 1. The van der Waals surface area contributed by atoms with Gasteiger partial charge in [0.25, 0.3) is 5.91 Å². The Labute approximate surface area is 282 Å². The van der Waals surface area contributed by atoms with E-state index in [-0.39, 0.29) is 43.3 Å². The van der Waals surface area contributed by atoms with Crippen molar-refractivity contribution in [2.24, 2.45) is 17.8 Å². The van der Waals surface area contributed by atoms with Crippen LogP contribution >= 0.6 is 11.6 Å². The molecule has 252 valence electrons. The molecule has 2 aromatic carbocycles. The van der Waals surface area contributed by atoms with Crippen LogP contribution in [0.15, 0.2) is 73.8 Å². The van der Waals surface area contributed by atoms with Crippen LogP contribution in [0.3, 0.4) is 0 Å². The maximum absolute atomic E-state index is 14.9. The summed E-state index contributed by atoms with van der Waals surface area (Å²) >= 11 is 6.18. The third-order valence-corrected chi connectivity index (χ3v) is 10.6. The average molecular weight is 664 g/mol. The van der Waals surface area contributed by atoms with Crippen LogP contribution in [0.2, 0.25) is 5.02 Å². The van der Waals surface area contributed by atoms with E-state index in [0.717, 1.165) is 0 Å². The van der Waals surface area contributed by atoms with Gasteiger partial charge in [-0.05, 0) is 81.1 Å². The Morgan fingerprint density at radius 3 is 2.15 bits per heavy atom. The van der Waals surface area contributed by atoms with Gasteiger partial charge >= 0.3 is 0 Å². The van der Waals surface area contributed by atoms with Crippen molar-refractivity contribution in [1.82, 2.24) is 4.90 Å². The molecule has 2 unspecified atom stereocenters. The summed E-state index contributed by atoms with van der Waals surface area (Å²) in [6, 6.07) is 12.4. The number of aliphatic hydroxyl groups is 1. The Morgan fingerprint density at radius 2 is 1.62 bits per heavy atom. The number of hydrogen-bond acceptors (Lipinski definition) is 6. The van der Waals surface area contributed by atoms with E-state index in [9.17, 15) is 19.5 Å². The molecule has 3 amide bonds. The number of likely N-dealkylation sites (tertiary alicyclic amines) is 1. The number of anilines is 2.